The van der Waals surface area contributed by atoms with Crippen molar-refractivity contribution in [2.75, 3.05) is 13.2 Å². The van der Waals surface area contributed by atoms with Gasteiger partial charge in [0, 0.05) is 19.3 Å². The molecule has 1 unspecified atom stereocenters. The van der Waals surface area contributed by atoms with Gasteiger partial charge in [0.25, 0.3) is 0 Å². The van der Waals surface area contributed by atoms with E-state index in [1.807, 2.05) is 0 Å². The number of hydrogen-bond donors (Lipinski definition) is 0. The van der Waals surface area contributed by atoms with Crippen molar-refractivity contribution >= 4 is 17.9 Å². The van der Waals surface area contributed by atoms with Crippen LogP contribution in [0.2, 0.25) is 0 Å². The minimum Gasteiger partial charge on any atom is -0.462 e. The lowest BCUT2D eigenvalue weighted by atomic mass is 10.0. The molecule has 6 heteroatoms. The van der Waals surface area contributed by atoms with Gasteiger partial charge in [-0.1, -0.05) is 244 Å². The molecule has 0 saturated heterocycles. The molecule has 0 aromatic carbocycles. The summed E-state index contributed by atoms with van der Waals surface area (Å²) in [5.41, 5.74) is 0. The van der Waals surface area contributed by atoms with Crippen molar-refractivity contribution in [1.29, 1.82) is 0 Å². The summed E-state index contributed by atoms with van der Waals surface area (Å²) in [6.07, 6.45) is 55.9. The van der Waals surface area contributed by atoms with Crippen LogP contribution in [0.5, 0.6) is 0 Å². The molecule has 6 nitrogen and oxygen atoms in total. The van der Waals surface area contributed by atoms with Gasteiger partial charge < -0.3 is 14.2 Å². The Labute approximate surface area is 373 Å². The molecule has 0 bridgehead atoms. The Balaban J connectivity index is 4.32. The van der Waals surface area contributed by atoms with Gasteiger partial charge in [0.2, 0.25) is 0 Å². The smallest absolute Gasteiger partial charge is 0.306 e. The first-order chi connectivity index (χ1) is 29.5. The van der Waals surface area contributed by atoms with Gasteiger partial charge in [-0.3, -0.25) is 14.4 Å². The summed E-state index contributed by atoms with van der Waals surface area (Å²) in [6, 6.07) is 0. The van der Waals surface area contributed by atoms with E-state index in [1.54, 1.807) is 0 Å². The Morgan fingerprint density at radius 1 is 0.333 bits per heavy atom. The molecule has 0 radical (unpaired) electrons. The monoisotopic (exact) mass is 845 g/mol. The quantitative estimate of drug-likeness (QED) is 0.0263. The zero-order valence-electron chi connectivity index (χ0n) is 40.2. The third-order valence-corrected chi connectivity index (χ3v) is 11.7. The van der Waals surface area contributed by atoms with Crippen LogP contribution in [0.4, 0.5) is 0 Å². The van der Waals surface area contributed by atoms with E-state index >= 15 is 0 Å². The number of unbranched alkanes of at least 4 members (excludes halogenated alkanes) is 34. The van der Waals surface area contributed by atoms with E-state index in [4.69, 9.17) is 14.2 Å². The molecular formula is C54H100O6. The number of carbonyl (C=O) groups is 3. The minimum atomic E-state index is -0.770. The summed E-state index contributed by atoms with van der Waals surface area (Å²) >= 11 is 0. The second kappa shape index (κ2) is 49.5. The Morgan fingerprint density at radius 3 is 0.883 bits per heavy atom. The van der Waals surface area contributed by atoms with Gasteiger partial charge >= 0.3 is 17.9 Å². The molecule has 352 valence electrons. The van der Waals surface area contributed by atoms with Crippen molar-refractivity contribution < 1.29 is 28.6 Å². The second-order valence-electron chi connectivity index (χ2n) is 17.8. The highest BCUT2D eigenvalue weighted by atomic mass is 16.6. The lowest BCUT2D eigenvalue weighted by Crippen LogP contribution is -2.30. The first kappa shape index (κ1) is 57.9. The molecule has 1 atom stereocenters. The van der Waals surface area contributed by atoms with Crippen LogP contribution in [0.25, 0.3) is 0 Å². The average Bonchev–Trinajstić information content (AvgIpc) is 3.24. The number of allylic oxidation sites excluding steroid dienone is 4. The summed E-state index contributed by atoms with van der Waals surface area (Å²) in [6.45, 7) is 6.64. The van der Waals surface area contributed by atoms with Crippen LogP contribution in [0.3, 0.4) is 0 Å². The molecule has 60 heavy (non-hydrogen) atoms. The van der Waals surface area contributed by atoms with Gasteiger partial charge in [-0.15, -0.1) is 0 Å². The Kier molecular flexibility index (Phi) is 47.8. The molecule has 0 aromatic rings. The van der Waals surface area contributed by atoms with Crippen molar-refractivity contribution in [1.82, 2.24) is 0 Å². The molecule has 0 N–H and O–H groups in total. The van der Waals surface area contributed by atoms with Crippen molar-refractivity contribution in [3.05, 3.63) is 24.3 Å². The molecule has 0 aliphatic heterocycles. The summed E-state index contributed by atoms with van der Waals surface area (Å²) in [4.78, 5) is 37.9. The molecule has 0 amide bonds. The molecule has 0 aliphatic rings. The Hall–Kier alpha value is -2.11. The van der Waals surface area contributed by atoms with E-state index in [-0.39, 0.29) is 31.1 Å². The molecule has 0 fully saturated rings. The predicted octanol–water partition coefficient (Wildman–Crippen LogP) is 17.2. The lowest BCUT2D eigenvalue weighted by molar-refractivity contribution is -0.167. The van der Waals surface area contributed by atoms with Crippen LogP contribution in [-0.4, -0.2) is 37.2 Å². The van der Waals surface area contributed by atoms with Crippen LogP contribution >= 0.6 is 0 Å². The highest BCUT2D eigenvalue weighted by Gasteiger charge is 2.19. The summed E-state index contributed by atoms with van der Waals surface area (Å²) in [5, 5.41) is 0. The van der Waals surface area contributed by atoms with Crippen molar-refractivity contribution in [2.24, 2.45) is 0 Å². The van der Waals surface area contributed by atoms with Gasteiger partial charge in [0.15, 0.2) is 6.10 Å². The highest BCUT2D eigenvalue weighted by molar-refractivity contribution is 5.71. The summed E-state index contributed by atoms with van der Waals surface area (Å²) < 4.78 is 16.8. The highest BCUT2D eigenvalue weighted by Crippen LogP contribution is 2.16. The van der Waals surface area contributed by atoms with Gasteiger partial charge in [0.05, 0.1) is 0 Å². The first-order valence-corrected chi connectivity index (χ1v) is 26.4. The SMILES string of the molecule is CCCCCCCCC/C=C\C=C/CCCCCCCC(=O)OCC(COC(=O)CCCCCCCCCCCC)OC(=O)CCCCCCCCCCCCCCCC. The maximum atomic E-state index is 12.8. The van der Waals surface area contributed by atoms with Crippen LogP contribution < -0.4 is 0 Å². The number of rotatable bonds is 48. The van der Waals surface area contributed by atoms with Crippen molar-refractivity contribution in [3.8, 4) is 0 Å². The summed E-state index contributed by atoms with van der Waals surface area (Å²) in [7, 11) is 0. The second-order valence-corrected chi connectivity index (χ2v) is 17.8. The predicted molar refractivity (Wildman–Crippen MR) is 256 cm³/mol. The molecule has 0 spiro atoms. The number of carbonyl (C=O) groups excluding carboxylic acids is 3. The molecule has 0 heterocycles. The largest absolute Gasteiger partial charge is 0.462 e. The van der Waals surface area contributed by atoms with Crippen LogP contribution in [-0.2, 0) is 28.6 Å². The van der Waals surface area contributed by atoms with E-state index in [0.717, 1.165) is 77.0 Å². The standard InChI is InChI=1S/C54H100O6/c1-4-7-10-13-16-19-22-24-26-27-28-29-31-32-35-38-41-44-47-53(56)59-50-51(49-58-52(55)46-43-40-37-34-21-18-15-12-9-6-3)60-54(57)48-45-42-39-36-33-30-25-23-20-17-14-11-8-5-2/h26-29,51H,4-25,30-50H2,1-3H3/b27-26-,29-28-. The fourth-order valence-corrected chi connectivity index (χ4v) is 7.73. The Bertz CT molecular complexity index is 973. The zero-order chi connectivity index (χ0) is 43.7. The fraction of sp³-hybridized carbons (Fsp3) is 0.870. The van der Waals surface area contributed by atoms with E-state index in [2.05, 4.69) is 45.1 Å². The fourth-order valence-electron chi connectivity index (χ4n) is 7.73. The first-order valence-electron chi connectivity index (χ1n) is 26.4. The number of esters is 3. The van der Waals surface area contributed by atoms with Crippen molar-refractivity contribution in [3.63, 3.8) is 0 Å². The third kappa shape index (κ3) is 46.9. The maximum absolute atomic E-state index is 12.8. The molecule has 0 rings (SSSR count). The van der Waals surface area contributed by atoms with E-state index < -0.39 is 6.10 Å². The lowest BCUT2D eigenvalue weighted by Gasteiger charge is -2.18. The van der Waals surface area contributed by atoms with Gasteiger partial charge in [-0.05, 0) is 44.9 Å². The third-order valence-electron chi connectivity index (χ3n) is 11.7. The van der Waals surface area contributed by atoms with Crippen molar-refractivity contribution in [2.45, 2.75) is 290 Å². The zero-order valence-corrected chi connectivity index (χ0v) is 40.2. The van der Waals surface area contributed by atoms with E-state index in [0.29, 0.717) is 19.3 Å². The molecule has 0 saturated carbocycles. The van der Waals surface area contributed by atoms with Gasteiger partial charge in [-0.25, -0.2) is 0 Å². The van der Waals surface area contributed by atoms with Crippen LogP contribution in [0.1, 0.15) is 284 Å². The summed E-state index contributed by atoms with van der Waals surface area (Å²) in [5.74, 6) is -0.874. The van der Waals surface area contributed by atoms with E-state index in [1.165, 1.54) is 167 Å². The minimum absolute atomic E-state index is 0.0716. The number of hydrogen-bond acceptors (Lipinski definition) is 6. The van der Waals surface area contributed by atoms with Gasteiger partial charge in [0.1, 0.15) is 13.2 Å². The molecule has 0 aliphatic carbocycles. The molecule has 0 aromatic heterocycles. The number of ether oxygens (including phenoxy) is 3. The molecular weight excluding hydrogens is 745 g/mol. The average molecular weight is 845 g/mol. The topological polar surface area (TPSA) is 78.9 Å². The Morgan fingerprint density at radius 2 is 0.583 bits per heavy atom. The van der Waals surface area contributed by atoms with Gasteiger partial charge in [-0.2, -0.15) is 0 Å². The van der Waals surface area contributed by atoms with E-state index in [9.17, 15) is 14.4 Å². The normalized spacial score (nSPS) is 12.1. The van der Waals surface area contributed by atoms with Crippen LogP contribution in [0.15, 0.2) is 24.3 Å². The van der Waals surface area contributed by atoms with Crippen LogP contribution in [0, 0.1) is 0 Å². The maximum Gasteiger partial charge on any atom is 0.306 e.